The smallest absolute Gasteiger partial charge is 0.223 e. The fourth-order valence-electron chi connectivity index (χ4n) is 0.644. The van der Waals surface area contributed by atoms with Crippen molar-refractivity contribution in [2.75, 3.05) is 0 Å². The van der Waals surface area contributed by atoms with E-state index in [1.54, 1.807) is 4.73 Å². The summed E-state index contributed by atoms with van der Waals surface area (Å²) in [6.07, 6.45) is 5.04. The van der Waals surface area contributed by atoms with Crippen LogP contribution < -0.4 is 9.57 Å². The quantitative estimate of drug-likeness (QED) is 0.434. The lowest BCUT2D eigenvalue weighted by Gasteiger charge is -1.89. The zero-order valence-electron chi connectivity index (χ0n) is 5.95. The topological polar surface area (TPSA) is 13.1 Å². The van der Waals surface area contributed by atoms with Gasteiger partial charge in [0.2, 0.25) is 12.4 Å². The van der Waals surface area contributed by atoms with Gasteiger partial charge < -0.3 is 0 Å². The largest absolute Gasteiger partial charge is 0.240 e. The highest BCUT2D eigenvalue weighted by atomic mass is 16.6. The van der Waals surface area contributed by atoms with E-state index in [1.165, 1.54) is 11.8 Å². The number of aryl methyl sites for hydroxylation is 1. The third kappa shape index (κ3) is 1.58. The first-order valence-electron chi connectivity index (χ1n) is 3.09. The van der Waals surface area contributed by atoms with E-state index in [4.69, 9.17) is 4.84 Å². The maximum absolute atomic E-state index is 4.94. The molecule has 0 bridgehead atoms. The highest BCUT2D eigenvalue weighted by molar-refractivity contribution is 5.02. The molecule has 0 aromatic carbocycles. The summed E-state index contributed by atoms with van der Waals surface area (Å²) in [6.45, 7) is 5.46. The van der Waals surface area contributed by atoms with Crippen LogP contribution in [0.4, 0.5) is 0 Å². The molecule has 0 spiro atoms. The van der Waals surface area contributed by atoms with E-state index in [-0.39, 0.29) is 0 Å². The minimum atomic E-state index is 1.21. The number of aromatic nitrogens is 1. The molecule has 0 unspecified atom stereocenters. The molecule has 0 aliphatic heterocycles. The Balaban J connectivity index is 2.78. The normalized spacial score (nSPS) is 8.90. The van der Waals surface area contributed by atoms with Crippen molar-refractivity contribution in [1.29, 1.82) is 0 Å². The molecule has 2 nitrogen and oxygen atoms in total. The lowest BCUT2D eigenvalue weighted by atomic mass is 10.3. The lowest BCUT2D eigenvalue weighted by Crippen LogP contribution is -2.38. The van der Waals surface area contributed by atoms with E-state index < -0.39 is 0 Å². The summed E-state index contributed by atoms with van der Waals surface area (Å²) in [4.78, 5) is 4.94. The molecule has 52 valence electrons. The Kier molecular flexibility index (Phi) is 2.05. The van der Waals surface area contributed by atoms with Gasteiger partial charge in [-0.2, -0.15) is 0 Å². The third-order valence-corrected chi connectivity index (χ3v) is 1.16. The standard InChI is InChI=1S/C8H10NO/c1-3-10-9-6-4-8(2)5-7-9/h3-7H,1H2,2H3/q+1. The monoisotopic (exact) mass is 136 g/mol. The first kappa shape index (κ1) is 6.81. The molecule has 0 amide bonds. The van der Waals surface area contributed by atoms with Crippen LogP contribution in [0.3, 0.4) is 0 Å². The van der Waals surface area contributed by atoms with Gasteiger partial charge in [-0.05, 0) is 12.5 Å². The Morgan fingerprint density at radius 3 is 2.60 bits per heavy atom. The summed E-state index contributed by atoms with van der Waals surface area (Å²) in [5.41, 5.74) is 1.21. The molecule has 10 heavy (non-hydrogen) atoms. The Hall–Kier alpha value is -1.31. The highest BCUT2D eigenvalue weighted by Crippen LogP contribution is 1.88. The molecule has 1 rings (SSSR count). The second kappa shape index (κ2) is 3.01. The van der Waals surface area contributed by atoms with Gasteiger partial charge in [0.05, 0.1) is 0 Å². The van der Waals surface area contributed by atoms with Crippen molar-refractivity contribution in [3.05, 3.63) is 42.9 Å². The second-order valence-electron chi connectivity index (χ2n) is 2.01. The Morgan fingerprint density at radius 2 is 2.10 bits per heavy atom. The maximum Gasteiger partial charge on any atom is 0.223 e. The minimum absolute atomic E-state index is 1.21. The maximum atomic E-state index is 4.94. The van der Waals surface area contributed by atoms with Crippen LogP contribution in [0.25, 0.3) is 0 Å². The summed E-state index contributed by atoms with van der Waals surface area (Å²) in [6, 6.07) is 3.92. The van der Waals surface area contributed by atoms with Gasteiger partial charge in [-0.15, -0.1) is 0 Å². The summed E-state index contributed by atoms with van der Waals surface area (Å²) in [5, 5.41) is 0. The summed E-state index contributed by atoms with van der Waals surface area (Å²) in [5.74, 6) is 0. The summed E-state index contributed by atoms with van der Waals surface area (Å²) >= 11 is 0. The predicted molar refractivity (Wildman–Crippen MR) is 38.2 cm³/mol. The van der Waals surface area contributed by atoms with E-state index >= 15 is 0 Å². The molecule has 2 heteroatoms. The van der Waals surface area contributed by atoms with Crippen molar-refractivity contribution >= 4 is 0 Å². The van der Waals surface area contributed by atoms with Crippen molar-refractivity contribution in [3.8, 4) is 0 Å². The molecular formula is C8H10NO+. The molecule has 0 fully saturated rings. The van der Waals surface area contributed by atoms with Crippen LogP contribution in [0.1, 0.15) is 5.56 Å². The van der Waals surface area contributed by atoms with E-state index in [0.717, 1.165) is 0 Å². The molecule has 0 N–H and O–H groups in total. The zero-order chi connectivity index (χ0) is 7.40. The number of pyridine rings is 1. The molecule has 1 aromatic heterocycles. The van der Waals surface area contributed by atoms with Crippen LogP contribution in [-0.4, -0.2) is 0 Å². The second-order valence-corrected chi connectivity index (χ2v) is 2.01. The van der Waals surface area contributed by atoms with Gasteiger partial charge in [0, 0.05) is 16.9 Å². The number of hydrogen-bond donors (Lipinski definition) is 0. The zero-order valence-corrected chi connectivity index (χ0v) is 5.95. The highest BCUT2D eigenvalue weighted by Gasteiger charge is 1.94. The van der Waals surface area contributed by atoms with Gasteiger partial charge in [0.25, 0.3) is 0 Å². The molecule has 0 saturated heterocycles. The average molecular weight is 136 g/mol. The fourth-order valence-corrected chi connectivity index (χ4v) is 0.644. The van der Waals surface area contributed by atoms with Gasteiger partial charge in [-0.1, -0.05) is 6.58 Å². The van der Waals surface area contributed by atoms with Crippen molar-refractivity contribution in [3.63, 3.8) is 0 Å². The van der Waals surface area contributed by atoms with Crippen molar-refractivity contribution in [2.24, 2.45) is 0 Å². The third-order valence-electron chi connectivity index (χ3n) is 1.16. The summed E-state index contributed by atoms with van der Waals surface area (Å²) in [7, 11) is 0. The van der Waals surface area contributed by atoms with Gasteiger partial charge in [-0.3, -0.25) is 0 Å². The molecule has 0 saturated carbocycles. The van der Waals surface area contributed by atoms with Crippen molar-refractivity contribution in [2.45, 2.75) is 6.92 Å². The first-order valence-corrected chi connectivity index (χ1v) is 3.09. The SMILES string of the molecule is C=CO[n+]1ccc(C)cc1. The molecule has 0 aliphatic carbocycles. The molecule has 1 heterocycles. The molecule has 1 aromatic rings. The number of nitrogens with zero attached hydrogens (tertiary/aromatic N) is 1. The summed E-state index contributed by atoms with van der Waals surface area (Å²) < 4.78 is 1.58. The van der Waals surface area contributed by atoms with Crippen molar-refractivity contribution < 1.29 is 9.57 Å². The predicted octanol–water partition coefficient (Wildman–Crippen LogP) is 0.855. The van der Waals surface area contributed by atoms with Crippen LogP contribution in [0.2, 0.25) is 0 Å². The van der Waals surface area contributed by atoms with Crippen LogP contribution in [-0.2, 0) is 0 Å². The van der Waals surface area contributed by atoms with Crippen molar-refractivity contribution in [1.82, 2.24) is 0 Å². The first-order chi connectivity index (χ1) is 4.83. The number of hydrogen-bond acceptors (Lipinski definition) is 1. The van der Waals surface area contributed by atoms with Gasteiger partial charge in [-0.25, -0.2) is 4.84 Å². The Bertz CT molecular complexity index is 215. The van der Waals surface area contributed by atoms with Crippen LogP contribution in [0, 0.1) is 6.92 Å². The molecule has 0 aliphatic rings. The van der Waals surface area contributed by atoms with Gasteiger partial charge >= 0.3 is 0 Å². The fraction of sp³-hybridized carbons (Fsp3) is 0.125. The van der Waals surface area contributed by atoms with E-state index in [0.29, 0.717) is 0 Å². The van der Waals surface area contributed by atoms with Crippen LogP contribution >= 0.6 is 0 Å². The molecule has 0 radical (unpaired) electrons. The van der Waals surface area contributed by atoms with E-state index in [2.05, 4.69) is 6.58 Å². The van der Waals surface area contributed by atoms with E-state index in [9.17, 15) is 0 Å². The Morgan fingerprint density at radius 1 is 1.50 bits per heavy atom. The van der Waals surface area contributed by atoms with Gasteiger partial charge in [0.15, 0.2) is 6.26 Å². The van der Waals surface area contributed by atoms with Crippen LogP contribution in [0.15, 0.2) is 37.4 Å². The van der Waals surface area contributed by atoms with Crippen LogP contribution in [0.5, 0.6) is 0 Å². The van der Waals surface area contributed by atoms with E-state index in [1.807, 2.05) is 31.5 Å². The average Bonchev–Trinajstić information content (AvgIpc) is 1.95. The number of rotatable bonds is 2. The van der Waals surface area contributed by atoms with Gasteiger partial charge in [0.1, 0.15) is 0 Å². The minimum Gasteiger partial charge on any atom is -0.240 e. The Labute approximate surface area is 60.3 Å². The molecular weight excluding hydrogens is 126 g/mol. The molecule has 0 atom stereocenters. The lowest BCUT2D eigenvalue weighted by molar-refractivity contribution is -0.876.